The maximum atomic E-state index is 11.7. The Bertz CT molecular complexity index is 496. The summed E-state index contributed by atoms with van der Waals surface area (Å²) in [5.74, 6) is 1.17. The molecule has 1 aromatic rings. The summed E-state index contributed by atoms with van der Waals surface area (Å²) in [7, 11) is 0. The first-order valence-electron chi connectivity index (χ1n) is 6.42. The Morgan fingerprint density at radius 1 is 1.39 bits per heavy atom. The number of nitrogens with one attached hydrogen (secondary N) is 1. The molecule has 0 bridgehead atoms. The minimum Gasteiger partial charge on any atom is -0.449 e. The van der Waals surface area contributed by atoms with E-state index in [9.17, 15) is 4.79 Å². The van der Waals surface area contributed by atoms with Crippen molar-refractivity contribution >= 4 is 11.6 Å². The van der Waals surface area contributed by atoms with Gasteiger partial charge in [0.15, 0.2) is 11.5 Å². The number of carbonyl (C=O) groups excluding carboxylic acids is 1. The fraction of sp³-hybridized carbons (Fsp3) is 0.500. The van der Waals surface area contributed by atoms with Gasteiger partial charge < -0.3 is 14.8 Å². The summed E-state index contributed by atoms with van der Waals surface area (Å²) in [5, 5.41) is 2.90. The third-order valence-electron chi connectivity index (χ3n) is 3.45. The third-order valence-corrected chi connectivity index (χ3v) is 3.45. The molecule has 0 spiro atoms. The van der Waals surface area contributed by atoms with Crippen LogP contribution in [0.25, 0.3) is 0 Å². The summed E-state index contributed by atoms with van der Waals surface area (Å²) in [6.07, 6.45) is 2.78. The normalized spacial score (nSPS) is 25.0. The van der Waals surface area contributed by atoms with E-state index in [2.05, 4.69) is 5.32 Å². The second-order valence-corrected chi connectivity index (χ2v) is 5.12. The summed E-state index contributed by atoms with van der Waals surface area (Å²) in [5.41, 5.74) is 0.773. The van der Waals surface area contributed by atoms with Gasteiger partial charge in [-0.15, -0.1) is 0 Å². The molecule has 18 heavy (non-hydrogen) atoms. The van der Waals surface area contributed by atoms with Crippen molar-refractivity contribution in [2.75, 3.05) is 5.32 Å². The van der Waals surface area contributed by atoms with Crippen LogP contribution in [-0.4, -0.2) is 11.7 Å². The van der Waals surface area contributed by atoms with Crippen LogP contribution in [0.4, 0.5) is 5.69 Å². The molecule has 1 aliphatic heterocycles. The van der Waals surface area contributed by atoms with Crippen molar-refractivity contribution in [3.05, 3.63) is 18.2 Å². The predicted octanol–water partition coefficient (Wildman–Crippen LogP) is 2.93. The molecule has 4 nitrogen and oxygen atoms in total. The van der Waals surface area contributed by atoms with E-state index in [0.29, 0.717) is 5.75 Å². The van der Waals surface area contributed by atoms with Gasteiger partial charge in [-0.05, 0) is 25.0 Å². The lowest BCUT2D eigenvalue weighted by molar-refractivity contribution is -0.117. The van der Waals surface area contributed by atoms with Crippen LogP contribution in [0.2, 0.25) is 0 Å². The van der Waals surface area contributed by atoms with Gasteiger partial charge in [-0.3, -0.25) is 4.79 Å². The Morgan fingerprint density at radius 3 is 2.78 bits per heavy atom. The molecular weight excluding hydrogens is 230 g/mol. The molecule has 1 aromatic carbocycles. The van der Waals surface area contributed by atoms with Gasteiger partial charge in [0.2, 0.25) is 11.7 Å². The average Bonchev–Trinajstić information content (AvgIpc) is 3.12. The van der Waals surface area contributed by atoms with Crippen molar-refractivity contribution in [1.29, 1.82) is 0 Å². The first-order valence-corrected chi connectivity index (χ1v) is 6.42. The van der Waals surface area contributed by atoms with Crippen LogP contribution in [0.1, 0.15) is 33.1 Å². The van der Waals surface area contributed by atoms with Crippen LogP contribution in [0.5, 0.6) is 11.5 Å². The van der Waals surface area contributed by atoms with Crippen molar-refractivity contribution < 1.29 is 14.3 Å². The van der Waals surface area contributed by atoms with E-state index in [1.165, 1.54) is 0 Å². The van der Waals surface area contributed by atoms with Gasteiger partial charge >= 0.3 is 0 Å². The third kappa shape index (κ3) is 2.03. The van der Waals surface area contributed by atoms with Gasteiger partial charge in [0, 0.05) is 31.0 Å². The van der Waals surface area contributed by atoms with E-state index in [0.717, 1.165) is 30.7 Å². The summed E-state index contributed by atoms with van der Waals surface area (Å²) in [4.78, 5) is 11.7. The van der Waals surface area contributed by atoms with Gasteiger partial charge in [0.1, 0.15) is 0 Å². The lowest BCUT2D eigenvalue weighted by atomic mass is 10.2. The first kappa shape index (κ1) is 11.4. The Balaban J connectivity index is 1.76. The highest BCUT2D eigenvalue weighted by atomic mass is 16.7. The molecular formula is C14H17NO3. The Labute approximate surface area is 106 Å². The van der Waals surface area contributed by atoms with Crippen LogP contribution >= 0.6 is 0 Å². The fourth-order valence-electron chi connectivity index (χ4n) is 1.97. The molecule has 0 unspecified atom stereocenters. The summed E-state index contributed by atoms with van der Waals surface area (Å²) < 4.78 is 11.5. The number of fused-ring (bicyclic) bond motifs is 1. The number of anilines is 1. The van der Waals surface area contributed by atoms with Gasteiger partial charge in [0.25, 0.3) is 0 Å². The Morgan fingerprint density at radius 2 is 2.11 bits per heavy atom. The Kier molecular flexibility index (Phi) is 2.47. The highest BCUT2D eigenvalue weighted by molar-refractivity contribution is 5.94. The van der Waals surface area contributed by atoms with Crippen LogP contribution in [0, 0.1) is 5.92 Å². The molecule has 1 atom stereocenters. The number of hydrogen-bond donors (Lipinski definition) is 1. The molecule has 96 valence electrons. The number of benzene rings is 1. The molecule has 0 aromatic heterocycles. The topological polar surface area (TPSA) is 47.6 Å². The van der Waals surface area contributed by atoms with Crippen LogP contribution in [0.3, 0.4) is 0 Å². The molecule has 1 saturated carbocycles. The van der Waals surface area contributed by atoms with E-state index >= 15 is 0 Å². The summed E-state index contributed by atoms with van der Waals surface area (Å²) in [6.45, 7) is 3.93. The molecule has 1 N–H and O–H groups in total. The zero-order chi connectivity index (χ0) is 12.8. The Hall–Kier alpha value is -1.71. The largest absolute Gasteiger partial charge is 0.449 e. The SMILES string of the molecule is CC[C@]1(C)Oc2ccc(NC(=O)C3CC3)cc2O1. The maximum Gasteiger partial charge on any atom is 0.248 e. The van der Waals surface area contributed by atoms with E-state index in [1.54, 1.807) is 0 Å². The zero-order valence-corrected chi connectivity index (χ0v) is 10.7. The van der Waals surface area contributed by atoms with Gasteiger partial charge in [-0.1, -0.05) is 6.92 Å². The highest BCUT2D eigenvalue weighted by Gasteiger charge is 2.35. The van der Waals surface area contributed by atoms with Crippen molar-refractivity contribution in [2.24, 2.45) is 5.92 Å². The molecule has 1 amide bonds. The zero-order valence-electron chi connectivity index (χ0n) is 10.7. The highest BCUT2D eigenvalue weighted by Crippen LogP contribution is 2.42. The lowest BCUT2D eigenvalue weighted by Gasteiger charge is -2.20. The smallest absolute Gasteiger partial charge is 0.248 e. The summed E-state index contributed by atoms with van der Waals surface area (Å²) in [6, 6.07) is 5.53. The molecule has 1 fully saturated rings. The van der Waals surface area contributed by atoms with E-state index in [1.807, 2.05) is 32.0 Å². The number of amides is 1. The van der Waals surface area contributed by atoms with Crippen LogP contribution < -0.4 is 14.8 Å². The molecule has 0 saturated heterocycles. The monoisotopic (exact) mass is 247 g/mol. The van der Waals surface area contributed by atoms with Crippen molar-refractivity contribution in [3.8, 4) is 11.5 Å². The van der Waals surface area contributed by atoms with Gasteiger partial charge in [-0.2, -0.15) is 0 Å². The van der Waals surface area contributed by atoms with Crippen molar-refractivity contribution in [1.82, 2.24) is 0 Å². The standard InChI is InChI=1S/C14H17NO3/c1-3-14(2)17-11-7-6-10(8-12(11)18-14)15-13(16)9-4-5-9/h6-9H,3-5H2,1-2H3,(H,15,16)/t14-/m1/s1. The van der Waals surface area contributed by atoms with Crippen molar-refractivity contribution in [3.63, 3.8) is 0 Å². The second-order valence-electron chi connectivity index (χ2n) is 5.12. The summed E-state index contributed by atoms with van der Waals surface area (Å²) >= 11 is 0. The average molecular weight is 247 g/mol. The number of rotatable bonds is 3. The quantitative estimate of drug-likeness (QED) is 0.893. The predicted molar refractivity (Wildman–Crippen MR) is 67.7 cm³/mol. The lowest BCUT2D eigenvalue weighted by Crippen LogP contribution is -2.33. The second kappa shape index (κ2) is 3.90. The van der Waals surface area contributed by atoms with Crippen molar-refractivity contribution in [2.45, 2.75) is 38.9 Å². The molecule has 1 aliphatic carbocycles. The fourth-order valence-corrected chi connectivity index (χ4v) is 1.97. The molecule has 1 heterocycles. The number of ether oxygens (including phenoxy) is 2. The number of carbonyl (C=O) groups is 1. The molecule has 2 aliphatic rings. The van der Waals surface area contributed by atoms with E-state index in [4.69, 9.17) is 9.47 Å². The minimum absolute atomic E-state index is 0.104. The molecule has 0 radical (unpaired) electrons. The van der Waals surface area contributed by atoms with E-state index < -0.39 is 5.79 Å². The van der Waals surface area contributed by atoms with Crippen LogP contribution in [-0.2, 0) is 4.79 Å². The maximum absolute atomic E-state index is 11.7. The van der Waals surface area contributed by atoms with Crippen LogP contribution in [0.15, 0.2) is 18.2 Å². The minimum atomic E-state index is -0.582. The number of hydrogen-bond acceptors (Lipinski definition) is 3. The first-order chi connectivity index (χ1) is 8.59. The molecule has 4 heteroatoms. The van der Waals surface area contributed by atoms with E-state index in [-0.39, 0.29) is 11.8 Å². The molecule has 3 rings (SSSR count). The van der Waals surface area contributed by atoms with Gasteiger partial charge in [-0.25, -0.2) is 0 Å². The van der Waals surface area contributed by atoms with Gasteiger partial charge in [0.05, 0.1) is 0 Å².